The molecule has 0 aromatic heterocycles. The van der Waals surface area contributed by atoms with E-state index in [4.69, 9.17) is 0 Å². The third-order valence-electron chi connectivity index (χ3n) is 2.64. The lowest BCUT2D eigenvalue weighted by Gasteiger charge is -2.13. The number of ether oxygens (including phenoxy) is 1. The van der Waals surface area contributed by atoms with E-state index in [-0.39, 0.29) is 5.75 Å². The zero-order valence-corrected chi connectivity index (χ0v) is 11.9. The Morgan fingerprint density at radius 3 is 2.14 bits per heavy atom. The summed E-state index contributed by atoms with van der Waals surface area (Å²) in [6.07, 6.45) is -4.75. The average Bonchev–Trinajstić information content (AvgIpc) is 2.45. The van der Waals surface area contributed by atoms with Gasteiger partial charge in [-0.25, -0.2) is 0 Å². The van der Waals surface area contributed by atoms with Gasteiger partial charge in [0, 0.05) is 4.90 Å². The zero-order valence-electron chi connectivity index (χ0n) is 11.1. The molecule has 0 amide bonds. The van der Waals surface area contributed by atoms with E-state index in [9.17, 15) is 23.1 Å². The van der Waals surface area contributed by atoms with Crippen LogP contribution in [0.15, 0.2) is 59.5 Å². The van der Waals surface area contributed by atoms with Crippen molar-refractivity contribution in [1.82, 2.24) is 0 Å². The predicted octanol–water partition coefficient (Wildman–Crippen LogP) is 4.50. The molecule has 7 heteroatoms. The number of rotatable bonds is 5. The summed E-state index contributed by atoms with van der Waals surface area (Å²) in [5.74, 6) is -1.37. The maximum Gasteiger partial charge on any atom is 0.573 e. The highest BCUT2D eigenvalue weighted by Crippen LogP contribution is 2.36. The van der Waals surface area contributed by atoms with E-state index >= 15 is 0 Å². The lowest BCUT2D eigenvalue weighted by molar-refractivity contribution is -0.274. The summed E-state index contributed by atoms with van der Waals surface area (Å²) in [6.45, 7) is 0. The van der Waals surface area contributed by atoms with Crippen molar-refractivity contribution in [2.45, 2.75) is 16.5 Å². The fourth-order valence-electron chi connectivity index (χ4n) is 1.74. The summed E-state index contributed by atoms with van der Waals surface area (Å²) < 4.78 is 40.0. The topological polar surface area (TPSA) is 46.5 Å². The second-order valence-corrected chi connectivity index (χ2v) is 5.44. The first-order valence-electron chi connectivity index (χ1n) is 6.15. The second kappa shape index (κ2) is 6.74. The van der Waals surface area contributed by atoms with Gasteiger partial charge in [-0.05, 0) is 29.8 Å². The smallest absolute Gasteiger partial charge is 0.480 e. The van der Waals surface area contributed by atoms with E-state index in [1.54, 1.807) is 30.3 Å². The first-order chi connectivity index (χ1) is 10.3. The molecule has 2 aromatic carbocycles. The number of alkyl halides is 3. The quantitative estimate of drug-likeness (QED) is 0.821. The van der Waals surface area contributed by atoms with E-state index in [0.29, 0.717) is 10.5 Å². The van der Waals surface area contributed by atoms with Gasteiger partial charge in [0.2, 0.25) is 0 Å². The first-order valence-corrected chi connectivity index (χ1v) is 7.03. The van der Waals surface area contributed by atoms with Gasteiger partial charge in [0.25, 0.3) is 0 Å². The Balaban J connectivity index is 2.13. The molecule has 0 spiro atoms. The van der Waals surface area contributed by atoms with Crippen LogP contribution < -0.4 is 4.74 Å². The van der Waals surface area contributed by atoms with Gasteiger partial charge in [-0.2, -0.15) is 0 Å². The van der Waals surface area contributed by atoms with Crippen LogP contribution in [0.1, 0.15) is 10.8 Å². The Bertz CT molecular complexity index is 627. The molecule has 116 valence electrons. The number of carboxylic acids is 1. The van der Waals surface area contributed by atoms with Crippen LogP contribution in [0.25, 0.3) is 0 Å². The van der Waals surface area contributed by atoms with Crippen LogP contribution in [0, 0.1) is 0 Å². The lowest BCUT2D eigenvalue weighted by atomic mass is 10.1. The molecule has 0 radical (unpaired) electrons. The molecule has 1 N–H and O–H groups in total. The molecule has 0 saturated carbocycles. The Labute approximate surface area is 128 Å². The van der Waals surface area contributed by atoms with E-state index in [2.05, 4.69) is 4.74 Å². The van der Waals surface area contributed by atoms with Gasteiger partial charge in [0.1, 0.15) is 11.0 Å². The van der Waals surface area contributed by atoms with Gasteiger partial charge in [0.15, 0.2) is 0 Å². The minimum atomic E-state index is -4.75. The number of thioether (sulfide) groups is 1. The SMILES string of the molecule is O=C(O)C(Sc1ccc(OC(F)(F)F)cc1)c1ccccc1. The minimum Gasteiger partial charge on any atom is -0.480 e. The predicted molar refractivity (Wildman–Crippen MR) is 75.8 cm³/mol. The summed E-state index contributed by atoms with van der Waals surface area (Å²) in [5, 5.41) is 8.46. The van der Waals surface area contributed by atoms with Crippen LogP contribution in [0.5, 0.6) is 5.75 Å². The normalized spacial score (nSPS) is 12.7. The highest BCUT2D eigenvalue weighted by Gasteiger charge is 2.31. The van der Waals surface area contributed by atoms with Crippen molar-refractivity contribution < 1.29 is 27.8 Å². The fourth-order valence-corrected chi connectivity index (χ4v) is 2.70. The monoisotopic (exact) mass is 328 g/mol. The summed E-state index contributed by atoms with van der Waals surface area (Å²) in [4.78, 5) is 11.9. The Morgan fingerprint density at radius 2 is 1.64 bits per heavy atom. The number of carbonyl (C=O) groups is 1. The molecule has 0 aliphatic rings. The molecular weight excluding hydrogens is 317 g/mol. The van der Waals surface area contributed by atoms with Crippen LogP contribution in [0.4, 0.5) is 13.2 Å². The highest BCUT2D eigenvalue weighted by atomic mass is 32.2. The molecule has 1 atom stereocenters. The molecule has 0 aliphatic heterocycles. The standard InChI is InChI=1S/C15H11F3O3S/c16-15(17,18)21-11-6-8-12(9-7-11)22-13(14(19)20)10-4-2-1-3-5-10/h1-9,13H,(H,19,20). The van der Waals surface area contributed by atoms with Crippen molar-refractivity contribution in [2.24, 2.45) is 0 Å². The number of hydrogen-bond donors (Lipinski definition) is 1. The van der Waals surface area contributed by atoms with Crippen LogP contribution in [0.2, 0.25) is 0 Å². The Hall–Kier alpha value is -2.15. The first kappa shape index (κ1) is 16.2. The molecule has 0 bridgehead atoms. The van der Waals surface area contributed by atoms with Crippen molar-refractivity contribution in [3.8, 4) is 5.75 Å². The third-order valence-corrected chi connectivity index (χ3v) is 3.89. The number of aliphatic carboxylic acids is 1. The van der Waals surface area contributed by atoms with Crippen LogP contribution in [-0.2, 0) is 4.79 Å². The van der Waals surface area contributed by atoms with Crippen LogP contribution >= 0.6 is 11.8 Å². The van der Waals surface area contributed by atoms with Crippen LogP contribution in [0.3, 0.4) is 0 Å². The van der Waals surface area contributed by atoms with E-state index in [0.717, 1.165) is 23.9 Å². The fraction of sp³-hybridized carbons (Fsp3) is 0.133. The third kappa shape index (κ3) is 4.70. The summed E-state index contributed by atoms with van der Waals surface area (Å²) in [6, 6.07) is 13.7. The number of halogens is 3. The van der Waals surface area contributed by atoms with Crippen molar-refractivity contribution in [3.05, 3.63) is 60.2 Å². The summed E-state index contributed by atoms with van der Waals surface area (Å²) in [5.41, 5.74) is 0.607. The van der Waals surface area contributed by atoms with Gasteiger partial charge in [-0.15, -0.1) is 24.9 Å². The molecule has 3 nitrogen and oxygen atoms in total. The molecular formula is C15H11F3O3S. The van der Waals surface area contributed by atoms with E-state index < -0.39 is 17.6 Å². The number of benzene rings is 2. The second-order valence-electron chi connectivity index (χ2n) is 4.27. The number of carboxylic acid groups (broad SMARTS) is 1. The summed E-state index contributed by atoms with van der Waals surface area (Å²) >= 11 is 1.04. The molecule has 2 rings (SSSR count). The molecule has 22 heavy (non-hydrogen) atoms. The minimum absolute atomic E-state index is 0.344. The average molecular weight is 328 g/mol. The van der Waals surface area contributed by atoms with Crippen LogP contribution in [-0.4, -0.2) is 17.4 Å². The Kier molecular flexibility index (Phi) is 4.97. The molecule has 0 heterocycles. The molecule has 0 saturated heterocycles. The van der Waals surface area contributed by atoms with Gasteiger partial charge in [-0.3, -0.25) is 4.79 Å². The van der Waals surface area contributed by atoms with Gasteiger partial charge >= 0.3 is 12.3 Å². The number of hydrogen-bond acceptors (Lipinski definition) is 3. The van der Waals surface area contributed by atoms with Gasteiger partial charge in [0.05, 0.1) is 0 Å². The highest BCUT2D eigenvalue weighted by molar-refractivity contribution is 8.00. The Morgan fingerprint density at radius 1 is 1.05 bits per heavy atom. The van der Waals surface area contributed by atoms with Crippen molar-refractivity contribution >= 4 is 17.7 Å². The maximum absolute atomic E-state index is 12.1. The maximum atomic E-state index is 12.1. The van der Waals surface area contributed by atoms with Gasteiger partial charge < -0.3 is 9.84 Å². The van der Waals surface area contributed by atoms with E-state index in [1.165, 1.54) is 12.1 Å². The van der Waals surface area contributed by atoms with Crippen molar-refractivity contribution in [1.29, 1.82) is 0 Å². The van der Waals surface area contributed by atoms with Crippen molar-refractivity contribution in [2.75, 3.05) is 0 Å². The van der Waals surface area contributed by atoms with Crippen molar-refractivity contribution in [3.63, 3.8) is 0 Å². The molecule has 0 fully saturated rings. The van der Waals surface area contributed by atoms with E-state index in [1.807, 2.05) is 0 Å². The molecule has 1 unspecified atom stereocenters. The zero-order chi connectivity index (χ0) is 16.2. The lowest BCUT2D eigenvalue weighted by Crippen LogP contribution is -2.16. The summed E-state index contributed by atoms with van der Waals surface area (Å²) in [7, 11) is 0. The molecule has 0 aliphatic carbocycles. The van der Waals surface area contributed by atoms with Gasteiger partial charge in [-0.1, -0.05) is 30.3 Å². The molecule has 2 aromatic rings. The largest absolute Gasteiger partial charge is 0.573 e.